The molecule has 1 aliphatic heterocycles. The van der Waals surface area contributed by atoms with Gasteiger partial charge in [0, 0.05) is 12.6 Å². The highest BCUT2D eigenvalue weighted by molar-refractivity contribution is 5.92. The number of hydrogen-bond donors (Lipinski definition) is 1. The molecule has 17 heavy (non-hydrogen) atoms. The number of pyridine rings is 1. The first-order valence-electron chi connectivity index (χ1n) is 6.22. The minimum Gasteiger partial charge on any atom is -0.384 e. The molecule has 0 radical (unpaired) electrons. The molecule has 2 N–H and O–H groups in total. The van der Waals surface area contributed by atoms with Gasteiger partial charge in [0.25, 0.3) is 5.91 Å². The van der Waals surface area contributed by atoms with Crippen LogP contribution in [0.3, 0.4) is 0 Å². The molecule has 0 aromatic carbocycles. The molecule has 2 rings (SSSR count). The van der Waals surface area contributed by atoms with Gasteiger partial charge >= 0.3 is 0 Å². The first-order valence-corrected chi connectivity index (χ1v) is 6.22. The maximum absolute atomic E-state index is 12.3. The van der Waals surface area contributed by atoms with Crippen LogP contribution < -0.4 is 5.73 Å². The Kier molecular flexibility index (Phi) is 3.61. The molecule has 1 aliphatic rings. The van der Waals surface area contributed by atoms with Gasteiger partial charge in [0.1, 0.15) is 11.5 Å². The van der Waals surface area contributed by atoms with Crippen LogP contribution in [0.5, 0.6) is 0 Å². The zero-order valence-corrected chi connectivity index (χ0v) is 10.2. The Morgan fingerprint density at radius 1 is 1.41 bits per heavy atom. The number of amides is 1. The largest absolute Gasteiger partial charge is 0.384 e. The van der Waals surface area contributed by atoms with Crippen LogP contribution in [0.25, 0.3) is 0 Å². The van der Waals surface area contributed by atoms with Crippen molar-refractivity contribution in [3.8, 4) is 0 Å². The Morgan fingerprint density at radius 2 is 2.24 bits per heavy atom. The molecule has 1 aromatic heterocycles. The van der Waals surface area contributed by atoms with Crippen molar-refractivity contribution in [3.05, 3.63) is 23.9 Å². The number of nitrogens with two attached hydrogens (primary N) is 1. The van der Waals surface area contributed by atoms with Gasteiger partial charge in [-0.3, -0.25) is 4.79 Å². The maximum atomic E-state index is 12.3. The van der Waals surface area contributed by atoms with E-state index in [9.17, 15) is 4.79 Å². The summed E-state index contributed by atoms with van der Waals surface area (Å²) in [5.74, 6) is 0.407. The Bertz CT molecular complexity index is 405. The Hall–Kier alpha value is -1.58. The number of aromatic nitrogens is 1. The molecule has 0 bridgehead atoms. The molecule has 92 valence electrons. The second-order valence-electron chi connectivity index (χ2n) is 4.64. The molecular formula is C13H19N3O. The quantitative estimate of drug-likeness (QED) is 0.807. The lowest BCUT2D eigenvalue weighted by Crippen LogP contribution is -2.38. The third-order valence-electron chi connectivity index (χ3n) is 3.30. The summed E-state index contributed by atoms with van der Waals surface area (Å²) in [6.45, 7) is 2.94. The van der Waals surface area contributed by atoms with E-state index in [1.807, 2.05) is 4.90 Å². The maximum Gasteiger partial charge on any atom is 0.272 e. The summed E-state index contributed by atoms with van der Waals surface area (Å²) in [6, 6.07) is 5.50. The first-order chi connectivity index (χ1) is 8.18. The topological polar surface area (TPSA) is 59.2 Å². The normalized spacial score (nSPS) is 21.0. The van der Waals surface area contributed by atoms with Gasteiger partial charge in [0.2, 0.25) is 0 Å². The van der Waals surface area contributed by atoms with E-state index in [0.29, 0.717) is 17.6 Å². The molecular weight excluding hydrogens is 214 g/mol. The fourth-order valence-electron chi connectivity index (χ4n) is 2.29. The molecule has 1 saturated heterocycles. The number of carbonyl (C=O) groups is 1. The summed E-state index contributed by atoms with van der Waals surface area (Å²) in [5.41, 5.74) is 6.07. The smallest absolute Gasteiger partial charge is 0.272 e. The predicted octanol–water partition coefficient (Wildman–Crippen LogP) is 2.07. The van der Waals surface area contributed by atoms with Gasteiger partial charge in [0.15, 0.2) is 0 Å². The molecule has 4 nitrogen and oxygen atoms in total. The second-order valence-corrected chi connectivity index (χ2v) is 4.64. The predicted molar refractivity (Wildman–Crippen MR) is 67.6 cm³/mol. The summed E-state index contributed by atoms with van der Waals surface area (Å²) in [4.78, 5) is 18.3. The van der Waals surface area contributed by atoms with Crippen molar-refractivity contribution in [3.63, 3.8) is 0 Å². The molecule has 1 aromatic rings. The molecule has 1 amide bonds. The SMILES string of the molecule is CC1CCCCCN1C(=O)c1cccc(N)n1. The summed E-state index contributed by atoms with van der Waals surface area (Å²) >= 11 is 0. The van der Waals surface area contributed by atoms with E-state index in [-0.39, 0.29) is 5.91 Å². The Morgan fingerprint density at radius 3 is 3.00 bits per heavy atom. The molecule has 2 heterocycles. The third kappa shape index (κ3) is 2.75. The molecule has 0 aliphatic carbocycles. The van der Waals surface area contributed by atoms with E-state index in [4.69, 9.17) is 5.73 Å². The van der Waals surface area contributed by atoms with Crippen LogP contribution in [0.15, 0.2) is 18.2 Å². The summed E-state index contributed by atoms with van der Waals surface area (Å²) in [7, 11) is 0. The lowest BCUT2D eigenvalue weighted by Gasteiger charge is -2.26. The van der Waals surface area contributed by atoms with Gasteiger partial charge in [-0.25, -0.2) is 4.98 Å². The molecule has 1 atom stereocenters. The van der Waals surface area contributed by atoms with Crippen molar-refractivity contribution >= 4 is 11.7 Å². The van der Waals surface area contributed by atoms with Crippen molar-refractivity contribution in [2.24, 2.45) is 0 Å². The van der Waals surface area contributed by atoms with Crippen molar-refractivity contribution in [2.75, 3.05) is 12.3 Å². The molecule has 1 fully saturated rings. The monoisotopic (exact) mass is 233 g/mol. The van der Waals surface area contributed by atoms with Crippen molar-refractivity contribution < 1.29 is 4.79 Å². The van der Waals surface area contributed by atoms with Gasteiger partial charge < -0.3 is 10.6 Å². The minimum absolute atomic E-state index is 0.00620. The first kappa shape index (κ1) is 11.9. The Balaban J connectivity index is 2.18. The van der Waals surface area contributed by atoms with Crippen LogP contribution in [0.4, 0.5) is 5.82 Å². The van der Waals surface area contributed by atoms with Crippen LogP contribution in [0.1, 0.15) is 43.1 Å². The average Bonchev–Trinajstić information content (AvgIpc) is 2.53. The van der Waals surface area contributed by atoms with E-state index in [2.05, 4.69) is 11.9 Å². The third-order valence-corrected chi connectivity index (χ3v) is 3.30. The fourth-order valence-corrected chi connectivity index (χ4v) is 2.29. The lowest BCUT2D eigenvalue weighted by molar-refractivity contribution is 0.0692. The highest BCUT2D eigenvalue weighted by atomic mass is 16.2. The molecule has 0 spiro atoms. The highest BCUT2D eigenvalue weighted by Gasteiger charge is 2.23. The summed E-state index contributed by atoms with van der Waals surface area (Å²) < 4.78 is 0. The minimum atomic E-state index is 0.00620. The summed E-state index contributed by atoms with van der Waals surface area (Å²) in [5, 5.41) is 0. The molecule has 4 heteroatoms. The van der Waals surface area contributed by atoms with Crippen molar-refractivity contribution in [1.82, 2.24) is 9.88 Å². The van der Waals surface area contributed by atoms with Crippen LogP contribution >= 0.6 is 0 Å². The van der Waals surface area contributed by atoms with E-state index >= 15 is 0 Å². The number of nitrogens with zero attached hydrogens (tertiary/aromatic N) is 2. The average molecular weight is 233 g/mol. The number of likely N-dealkylation sites (tertiary alicyclic amines) is 1. The van der Waals surface area contributed by atoms with Crippen LogP contribution in [-0.4, -0.2) is 28.4 Å². The zero-order valence-electron chi connectivity index (χ0n) is 10.2. The van der Waals surface area contributed by atoms with Gasteiger partial charge in [-0.05, 0) is 31.9 Å². The van der Waals surface area contributed by atoms with E-state index in [1.165, 1.54) is 12.8 Å². The van der Waals surface area contributed by atoms with Crippen LogP contribution in [-0.2, 0) is 0 Å². The van der Waals surface area contributed by atoms with Crippen LogP contribution in [0.2, 0.25) is 0 Å². The van der Waals surface area contributed by atoms with E-state index in [1.54, 1.807) is 18.2 Å². The van der Waals surface area contributed by atoms with Gasteiger partial charge in [-0.1, -0.05) is 18.9 Å². The second kappa shape index (κ2) is 5.17. The number of rotatable bonds is 1. The number of carbonyl (C=O) groups excluding carboxylic acids is 1. The molecule has 0 saturated carbocycles. The lowest BCUT2D eigenvalue weighted by atomic mass is 10.1. The van der Waals surface area contributed by atoms with Crippen LogP contribution in [0, 0.1) is 0 Å². The number of nitrogen functional groups attached to an aromatic ring is 1. The zero-order chi connectivity index (χ0) is 12.3. The van der Waals surface area contributed by atoms with Gasteiger partial charge in [-0.2, -0.15) is 0 Å². The molecule has 1 unspecified atom stereocenters. The number of anilines is 1. The van der Waals surface area contributed by atoms with Crippen molar-refractivity contribution in [1.29, 1.82) is 0 Å². The number of hydrogen-bond acceptors (Lipinski definition) is 3. The van der Waals surface area contributed by atoms with Gasteiger partial charge in [-0.15, -0.1) is 0 Å². The van der Waals surface area contributed by atoms with Gasteiger partial charge in [0.05, 0.1) is 0 Å². The standard InChI is InChI=1S/C13H19N3O/c1-10-6-3-2-4-9-16(10)13(17)11-7-5-8-12(14)15-11/h5,7-8,10H,2-4,6,9H2,1H3,(H2,14,15). The van der Waals surface area contributed by atoms with E-state index < -0.39 is 0 Å². The Labute approximate surface area is 102 Å². The summed E-state index contributed by atoms with van der Waals surface area (Å²) in [6.07, 6.45) is 4.57. The highest BCUT2D eigenvalue weighted by Crippen LogP contribution is 2.18. The van der Waals surface area contributed by atoms with E-state index in [0.717, 1.165) is 19.4 Å². The van der Waals surface area contributed by atoms with Crippen molar-refractivity contribution in [2.45, 2.75) is 38.6 Å². The fraction of sp³-hybridized carbons (Fsp3) is 0.538.